The van der Waals surface area contributed by atoms with E-state index in [0.717, 1.165) is 39.0 Å². The molecule has 2 heterocycles. The van der Waals surface area contributed by atoms with Gasteiger partial charge in [0, 0.05) is 36.6 Å². The summed E-state index contributed by atoms with van der Waals surface area (Å²) in [7, 11) is 0. The third-order valence-corrected chi connectivity index (χ3v) is 9.61. The minimum Gasteiger partial charge on any atom is -0.454 e. The number of nitrogens with zero attached hydrogens (tertiary/aromatic N) is 1. The van der Waals surface area contributed by atoms with E-state index < -0.39 is 0 Å². The van der Waals surface area contributed by atoms with Crippen LogP contribution in [0.25, 0.3) is 53.2 Å². The molecule has 0 aliphatic rings. The molecule has 0 radical (unpaired) electrons. The van der Waals surface area contributed by atoms with Gasteiger partial charge in [-0.1, -0.05) is 118 Å². The SMILES string of the molecule is CC(C)(C)c1cccc2c1sc1cccc(N(c3ccc(-c4ccccc4)cc3)c3cccc4c3oc3ccccc34)c12. The smallest absolute Gasteiger partial charge is 0.159 e. The van der Waals surface area contributed by atoms with Crippen LogP contribution in [0, 0.1) is 0 Å². The predicted octanol–water partition coefficient (Wildman–Crippen LogP) is 12.4. The molecule has 0 atom stereocenters. The Kier molecular flexibility index (Phi) is 5.92. The Morgan fingerprint density at radius 1 is 0.558 bits per heavy atom. The van der Waals surface area contributed by atoms with Gasteiger partial charge in [-0.2, -0.15) is 0 Å². The molecule has 0 aliphatic heterocycles. The van der Waals surface area contributed by atoms with E-state index in [1.54, 1.807) is 0 Å². The number of furan rings is 1. The molecule has 2 nitrogen and oxygen atoms in total. The van der Waals surface area contributed by atoms with Crippen LogP contribution in [0.1, 0.15) is 26.3 Å². The van der Waals surface area contributed by atoms with Crippen molar-refractivity contribution in [1.82, 2.24) is 0 Å². The Bertz CT molecular complexity index is 2270. The fraction of sp³-hybridized carbons (Fsp3) is 0.100. The average Bonchev–Trinajstić information content (AvgIpc) is 3.61. The minimum atomic E-state index is 0.0490. The first-order valence-electron chi connectivity index (χ1n) is 14.8. The van der Waals surface area contributed by atoms with E-state index in [0.29, 0.717) is 0 Å². The molecule has 8 rings (SSSR count). The van der Waals surface area contributed by atoms with Crippen LogP contribution in [0.15, 0.2) is 138 Å². The second-order valence-corrected chi connectivity index (χ2v) is 13.2. The van der Waals surface area contributed by atoms with E-state index in [1.165, 1.54) is 36.9 Å². The van der Waals surface area contributed by atoms with Crippen LogP contribution in [0.5, 0.6) is 0 Å². The molecule has 208 valence electrons. The van der Waals surface area contributed by atoms with Gasteiger partial charge in [-0.3, -0.25) is 0 Å². The highest BCUT2D eigenvalue weighted by Crippen LogP contribution is 2.49. The second-order valence-electron chi connectivity index (χ2n) is 12.2. The predicted molar refractivity (Wildman–Crippen MR) is 185 cm³/mol. The molecular formula is C40H31NOS. The number of benzene rings is 6. The van der Waals surface area contributed by atoms with Crippen molar-refractivity contribution in [2.75, 3.05) is 4.90 Å². The molecule has 43 heavy (non-hydrogen) atoms. The fourth-order valence-corrected chi connectivity index (χ4v) is 7.80. The third-order valence-electron chi connectivity index (χ3n) is 8.41. The maximum absolute atomic E-state index is 6.61. The molecule has 0 N–H and O–H groups in total. The lowest BCUT2D eigenvalue weighted by molar-refractivity contribution is 0.597. The van der Waals surface area contributed by atoms with Crippen molar-refractivity contribution >= 4 is 70.5 Å². The molecule has 0 amide bonds. The van der Waals surface area contributed by atoms with Crippen LogP contribution in [-0.4, -0.2) is 0 Å². The first kappa shape index (κ1) is 25.8. The third kappa shape index (κ3) is 4.23. The van der Waals surface area contributed by atoms with E-state index >= 15 is 0 Å². The van der Waals surface area contributed by atoms with Crippen molar-refractivity contribution in [2.45, 2.75) is 26.2 Å². The zero-order valence-corrected chi connectivity index (χ0v) is 25.3. The standard InChI is InChI=1S/C40H31NOS/c1-40(2,3)32-17-9-16-31-37-33(18-11-21-36(37)43-39(31)32)41(28-24-22-27(23-25-28)26-12-5-4-6-13-26)34-19-10-15-30-29-14-7-8-20-35(29)42-38(30)34/h4-25H,1-3H3. The lowest BCUT2D eigenvalue weighted by Crippen LogP contribution is -2.11. The van der Waals surface area contributed by atoms with E-state index in [2.05, 4.69) is 153 Å². The van der Waals surface area contributed by atoms with Crippen molar-refractivity contribution in [1.29, 1.82) is 0 Å². The van der Waals surface area contributed by atoms with Crippen molar-refractivity contribution in [3.63, 3.8) is 0 Å². The number of thiophene rings is 1. The Morgan fingerprint density at radius 3 is 2.02 bits per heavy atom. The highest BCUT2D eigenvalue weighted by Gasteiger charge is 2.24. The number of anilines is 3. The summed E-state index contributed by atoms with van der Waals surface area (Å²) < 4.78 is 9.25. The van der Waals surface area contributed by atoms with Gasteiger partial charge in [-0.15, -0.1) is 11.3 Å². The van der Waals surface area contributed by atoms with E-state index in [9.17, 15) is 0 Å². The normalized spacial score (nSPS) is 12.1. The first-order chi connectivity index (χ1) is 21.0. The van der Waals surface area contributed by atoms with Crippen molar-refractivity contribution in [3.8, 4) is 11.1 Å². The van der Waals surface area contributed by atoms with Gasteiger partial charge in [0.15, 0.2) is 5.58 Å². The maximum Gasteiger partial charge on any atom is 0.159 e. The molecule has 0 unspecified atom stereocenters. The number of para-hydroxylation sites is 2. The van der Waals surface area contributed by atoms with Gasteiger partial charge < -0.3 is 9.32 Å². The topological polar surface area (TPSA) is 16.4 Å². The average molecular weight is 574 g/mol. The molecule has 0 aliphatic carbocycles. The van der Waals surface area contributed by atoms with Gasteiger partial charge in [-0.25, -0.2) is 0 Å². The van der Waals surface area contributed by atoms with E-state index in [4.69, 9.17) is 4.42 Å². The van der Waals surface area contributed by atoms with E-state index in [-0.39, 0.29) is 5.41 Å². The van der Waals surface area contributed by atoms with Gasteiger partial charge in [0.1, 0.15) is 5.58 Å². The summed E-state index contributed by atoms with van der Waals surface area (Å²) >= 11 is 1.89. The van der Waals surface area contributed by atoms with Gasteiger partial charge in [0.2, 0.25) is 0 Å². The Morgan fingerprint density at radius 2 is 1.21 bits per heavy atom. The van der Waals surface area contributed by atoms with Crippen LogP contribution in [0.3, 0.4) is 0 Å². The highest BCUT2D eigenvalue weighted by molar-refractivity contribution is 7.26. The first-order valence-corrected chi connectivity index (χ1v) is 15.6. The molecule has 8 aromatic rings. The lowest BCUT2D eigenvalue weighted by atomic mass is 9.86. The number of hydrogen-bond donors (Lipinski definition) is 0. The molecule has 2 aromatic heterocycles. The quantitative estimate of drug-likeness (QED) is 0.208. The fourth-order valence-electron chi connectivity index (χ4n) is 6.36. The summed E-state index contributed by atoms with van der Waals surface area (Å²) in [6, 6.07) is 47.8. The summed E-state index contributed by atoms with van der Waals surface area (Å²) in [4.78, 5) is 2.39. The number of hydrogen-bond acceptors (Lipinski definition) is 3. The molecule has 0 spiro atoms. The van der Waals surface area contributed by atoms with Gasteiger partial charge in [0.05, 0.1) is 11.4 Å². The molecular weight excluding hydrogens is 543 g/mol. The Balaban J connectivity index is 1.42. The summed E-state index contributed by atoms with van der Waals surface area (Å²) in [5, 5.41) is 4.82. The zero-order valence-electron chi connectivity index (χ0n) is 24.5. The molecule has 0 saturated heterocycles. The minimum absolute atomic E-state index is 0.0490. The van der Waals surface area contributed by atoms with Gasteiger partial charge in [0.25, 0.3) is 0 Å². The van der Waals surface area contributed by atoms with Crippen LogP contribution >= 0.6 is 11.3 Å². The monoisotopic (exact) mass is 573 g/mol. The number of fused-ring (bicyclic) bond motifs is 6. The van der Waals surface area contributed by atoms with Crippen molar-refractivity contribution < 1.29 is 4.42 Å². The molecule has 0 fully saturated rings. The van der Waals surface area contributed by atoms with Crippen LogP contribution in [0.4, 0.5) is 17.1 Å². The largest absolute Gasteiger partial charge is 0.454 e. The Hall–Kier alpha value is -4.86. The van der Waals surface area contributed by atoms with E-state index in [1.807, 2.05) is 17.4 Å². The van der Waals surface area contributed by atoms with Crippen molar-refractivity contribution in [2.24, 2.45) is 0 Å². The summed E-state index contributed by atoms with van der Waals surface area (Å²) in [5.74, 6) is 0. The lowest BCUT2D eigenvalue weighted by Gasteiger charge is -2.27. The maximum atomic E-state index is 6.61. The van der Waals surface area contributed by atoms with Crippen LogP contribution in [0.2, 0.25) is 0 Å². The van der Waals surface area contributed by atoms with Crippen LogP contribution in [-0.2, 0) is 5.41 Å². The highest BCUT2D eigenvalue weighted by atomic mass is 32.1. The van der Waals surface area contributed by atoms with Crippen molar-refractivity contribution in [3.05, 3.63) is 139 Å². The Labute approximate surface area is 255 Å². The van der Waals surface area contributed by atoms with Gasteiger partial charge in [-0.05, 0) is 58.5 Å². The second kappa shape index (κ2) is 9.86. The summed E-state index contributed by atoms with van der Waals surface area (Å²) in [6.07, 6.45) is 0. The molecule has 6 aromatic carbocycles. The number of rotatable bonds is 4. The van der Waals surface area contributed by atoms with Crippen LogP contribution < -0.4 is 4.90 Å². The van der Waals surface area contributed by atoms with Gasteiger partial charge >= 0.3 is 0 Å². The zero-order chi connectivity index (χ0) is 29.1. The molecule has 3 heteroatoms. The molecule has 0 saturated carbocycles. The summed E-state index contributed by atoms with van der Waals surface area (Å²) in [5.41, 5.74) is 8.90. The summed E-state index contributed by atoms with van der Waals surface area (Å²) in [6.45, 7) is 6.90. The molecule has 0 bridgehead atoms.